The molecule has 0 radical (unpaired) electrons. The molecule has 2 aromatic carbocycles. The van der Waals surface area contributed by atoms with Gasteiger partial charge in [-0.1, -0.05) is 23.8 Å². The third-order valence-electron chi connectivity index (χ3n) is 6.56. The van der Waals surface area contributed by atoms with Gasteiger partial charge in [-0.25, -0.2) is 0 Å². The number of fused-ring (bicyclic) bond motifs is 1. The number of ether oxygens (including phenoxy) is 1. The highest BCUT2D eigenvalue weighted by atomic mass is 32.1. The van der Waals surface area contributed by atoms with Crippen LogP contribution in [0.15, 0.2) is 42.0 Å². The van der Waals surface area contributed by atoms with E-state index in [1.165, 1.54) is 4.90 Å². The number of aryl methyl sites for hydroxylation is 2. The first-order valence-electron chi connectivity index (χ1n) is 11.1. The molecule has 34 heavy (non-hydrogen) atoms. The fraction of sp³-hybridized carbons (Fsp3) is 0.296. The van der Waals surface area contributed by atoms with Crippen LogP contribution in [-0.4, -0.2) is 36.6 Å². The second-order valence-electron chi connectivity index (χ2n) is 9.40. The van der Waals surface area contributed by atoms with Gasteiger partial charge < -0.3 is 9.64 Å². The molecule has 176 valence electrons. The largest absolute Gasteiger partial charge is 0.496 e. The van der Waals surface area contributed by atoms with Crippen LogP contribution in [0.4, 0.5) is 11.4 Å². The molecule has 7 heteroatoms. The number of rotatable bonds is 3. The van der Waals surface area contributed by atoms with Crippen molar-refractivity contribution in [2.45, 2.75) is 40.2 Å². The Kier molecular flexibility index (Phi) is 5.85. The molecule has 2 amide bonds. The van der Waals surface area contributed by atoms with Crippen LogP contribution in [-0.2, 0) is 9.59 Å². The van der Waals surface area contributed by atoms with Gasteiger partial charge in [-0.05, 0) is 76.2 Å². The molecule has 0 bridgehead atoms. The van der Waals surface area contributed by atoms with E-state index in [1.54, 1.807) is 13.2 Å². The smallest absolute Gasteiger partial charge is 0.270 e. The predicted molar refractivity (Wildman–Crippen MR) is 141 cm³/mol. The summed E-state index contributed by atoms with van der Waals surface area (Å²) in [6.45, 7) is 10.3. The fourth-order valence-corrected chi connectivity index (χ4v) is 4.85. The van der Waals surface area contributed by atoms with E-state index in [2.05, 4.69) is 37.1 Å². The number of carbonyl (C=O) groups is 2. The SMILES string of the molecule is COc1cc2c(cc1/C=C1/C(=O)NC(=S)N(c3ccc(C)cc3C)C1=O)C(C)=CC(C)(C)N2C. The van der Waals surface area contributed by atoms with Crippen molar-refractivity contribution in [2.24, 2.45) is 0 Å². The summed E-state index contributed by atoms with van der Waals surface area (Å²) in [5.41, 5.74) is 6.29. The molecule has 0 aliphatic carbocycles. The molecule has 1 saturated heterocycles. The highest BCUT2D eigenvalue weighted by molar-refractivity contribution is 7.80. The molecule has 0 saturated carbocycles. The highest BCUT2D eigenvalue weighted by Crippen LogP contribution is 2.42. The van der Waals surface area contributed by atoms with Gasteiger partial charge in [0.05, 0.1) is 18.3 Å². The summed E-state index contributed by atoms with van der Waals surface area (Å²) in [6, 6.07) is 9.66. The Morgan fingerprint density at radius 3 is 2.41 bits per heavy atom. The molecule has 2 aliphatic rings. The number of hydrogen-bond acceptors (Lipinski definition) is 5. The quantitative estimate of drug-likeness (QED) is 0.394. The number of thiocarbonyl (C=S) groups is 1. The van der Waals surface area contributed by atoms with E-state index < -0.39 is 11.8 Å². The molecule has 0 atom stereocenters. The lowest BCUT2D eigenvalue weighted by Crippen LogP contribution is -2.54. The molecular formula is C27H29N3O3S. The molecule has 0 spiro atoms. The molecule has 1 N–H and O–H groups in total. The third kappa shape index (κ3) is 3.90. The minimum Gasteiger partial charge on any atom is -0.496 e. The van der Waals surface area contributed by atoms with Crippen molar-refractivity contribution in [2.75, 3.05) is 24.0 Å². The normalized spacial score (nSPS) is 18.6. The summed E-state index contributed by atoms with van der Waals surface area (Å²) < 4.78 is 5.67. The van der Waals surface area contributed by atoms with Gasteiger partial charge in [0, 0.05) is 29.9 Å². The van der Waals surface area contributed by atoms with Crippen LogP contribution < -0.4 is 19.9 Å². The number of anilines is 2. The number of likely N-dealkylation sites (N-methyl/N-ethyl adjacent to an activating group) is 1. The average molecular weight is 476 g/mol. The number of carbonyl (C=O) groups excluding carboxylic acids is 2. The Hall–Kier alpha value is -3.45. The number of benzene rings is 2. The Morgan fingerprint density at radius 2 is 1.76 bits per heavy atom. The van der Waals surface area contributed by atoms with Gasteiger partial charge in [-0.15, -0.1) is 0 Å². The molecule has 4 rings (SSSR count). The van der Waals surface area contributed by atoms with Crippen molar-refractivity contribution in [3.05, 3.63) is 64.2 Å². The van der Waals surface area contributed by atoms with Crippen LogP contribution in [0.25, 0.3) is 11.6 Å². The predicted octanol–water partition coefficient (Wildman–Crippen LogP) is 4.78. The first kappa shape index (κ1) is 23.7. The van der Waals surface area contributed by atoms with Crippen LogP contribution in [0.2, 0.25) is 0 Å². The fourth-order valence-electron chi connectivity index (χ4n) is 4.57. The minimum absolute atomic E-state index is 0.00190. The Labute approximate surface area is 205 Å². The van der Waals surface area contributed by atoms with Gasteiger partial charge in [-0.2, -0.15) is 0 Å². The third-order valence-corrected chi connectivity index (χ3v) is 6.85. The van der Waals surface area contributed by atoms with E-state index in [4.69, 9.17) is 17.0 Å². The summed E-state index contributed by atoms with van der Waals surface area (Å²) in [4.78, 5) is 29.9. The summed E-state index contributed by atoms with van der Waals surface area (Å²) in [7, 11) is 3.63. The van der Waals surface area contributed by atoms with E-state index >= 15 is 0 Å². The first-order chi connectivity index (χ1) is 15.9. The lowest BCUT2D eigenvalue weighted by Gasteiger charge is -2.41. The molecule has 0 unspecified atom stereocenters. The van der Waals surface area contributed by atoms with Gasteiger partial charge >= 0.3 is 0 Å². The van der Waals surface area contributed by atoms with E-state index in [-0.39, 0.29) is 16.2 Å². The second-order valence-corrected chi connectivity index (χ2v) is 9.79. The zero-order valence-corrected chi connectivity index (χ0v) is 21.4. The van der Waals surface area contributed by atoms with Crippen LogP contribution in [0.5, 0.6) is 5.75 Å². The van der Waals surface area contributed by atoms with Crippen LogP contribution in [0.3, 0.4) is 0 Å². The van der Waals surface area contributed by atoms with E-state index in [0.29, 0.717) is 17.0 Å². The van der Waals surface area contributed by atoms with Crippen molar-refractivity contribution in [3.63, 3.8) is 0 Å². The monoisotopic (exact) mass is 475 g/mol. The standard InChI is InChI=1S/C27H29N3O3S/c1-15-8-9-21(16(2)10-15)30-25(32)20(24(31)28-26(30)34)12-18-11-19-17(3)14-27(4,5)29(6)22(19)13-23(18)33-7/h8-14H,1-7H3,(H,28,31,34)/b20-12-. The van der Waals surface area contributed by atoms with E-state index in [9.17, 15) is 9.59 Å². The zero-order chi connectivity index (χ0) is 24.9. The molecule has 2 aliphatic heterocycles. The Bertz CT molecular complexity index is 1310. The van der Waals surface area contributed by atoms with Gasteiger partial charge in [-0.3, -0.25) is 19.8 Å². The summed E-state index contributed by atoms with van der Waals surface area (Å²) in [5, 5.41) is 2.73. The number of nitrogens with one attached hydrogen (secondary N) is 1. The number of nitrogens with zero attached hydrogens (tertiary/aromatic N) is 2. The zero-order valence-electron chi connectivity index (χ0n) is 20.6. The van der Waals surface area contributed by atoms with E-state index in [0.717, 1.165) is 28.0 Å². The van der Waals surface area contributed by atoms with Crippen molar-refractivity contribution in [1.29, 1.82) is 0 Å². The molecule has 6 nitrogen and oxygen atoms in total. The van der Waals surface area contributed by atoms with Gasteiger partial charge in [0.1, 0.15) is 11.3 Å². The lowest BCUT2D eigenvalue weighted by atomic mass is 9.88. The molecule has 0 aromatic heterocycles. The average Bonchev–Trinajstić information content (AvgIpc) is 2.75. The van der Waals surface area contributed by atoms with Crippen molar-refractivity contribution in [1.82, 2.24) is 5.32 Å². The topological polar surface area (TPSA) is 61.9 Å². The number of allylic oxidation sites excluding steroid dienone is 1. The first-order valence-corrected chi connectivity index (χ1v) is 11.5. The molecular weight excluding hydrogens is 446 g/mol. The maximum absolute atomic E-state index is 13.5. The van der Waals surface area contributed by atoms with E-state index in [1.807, 2.05) is 51.2 Å². The van der Waals surface area contributed by atoms with Crippen LogP contribution in [0.1, 0.15) is 43.0 Å². The Morgan fingerprint density at radius 1 is 1.06 bits per heavy atom. The van der Waals surface area contributed by atoms with Crippen molar-refractivity contribution >= 4 is 52.2 Å². The minimum atomic E-state index is -0.527. The van der Waals surface area contributed by atoms with Gasteiger partial charge in [0.2, 0.25) is 0 Å². The van der Waals surface area contributed by atoms with Crippen molar-refractivity contribution in [3.8, 4) is 5.75 Å². The molecule has 1 fully saturated rings. The summed E-state index contributed by atoms with van der Waals surface area (Å²) >= 11 is 5.36. The summed E-state index contributed by atoms with van der Waals surface area (Å²) in [5.74, 6) is -0.414. The lowest BCUT2D eigenvalue weighted by molar-refractivity contribution is -0.122. The van der Waals surface area contributed by atoms with Crippen LogP contribution >= 0.6 is 12.2 Å². The van der Waals surface area contributed by atoms with Gasteiger partial charge in [0.25, 0.3) is 11.8 Å². The number of methoxy groups -OCH3 is 1. The molecule has 2 aromatic rings. The number of amides is 2. The second kappa shape index (κ2) is 8.40. The molecule has 2 heterocycles. The van der Waals surface area contributed by atoms with Gasteiger partial charge in [0.15, 0.2) is 5.11 Å². The summed E-state index contributed by atoms with van der Waals surface area (Å²) in [6.07, 6.45) is 3.79. The maximum atomic E-state index is 13.5. The van der Waals surface area contributed by atoms with Crippen molar-refractivity contribution < 1.29 is 14.3 Å². The van der Waals surface area contributed by atoms with Crippen LogP contribution in [0, 0.1) is 13.8 Å². The maximum Gasteiger partial charge on any atom is 0.270 e. The Balaban J connectivity index is 1.83. The highest BCUT2D eigenvalue weighted by Gasteiger charge is 2.36. The number of hydrogen-bond donors (Lipinski definition) is 1.